The normalized spacial score (nSPS) is 12.4. The zero-order valence-corrected chi connectivity index (χ0v) is 17.7. The third kappa shape index (κ3) is 4.48. The summed E-state index contributed by atoms with van der Waals surface area (Å²) in [4.78, 5) is 0.134. The molecule has 3 aromatic carbocycles. The highest BCUT2D eigenvalue weighted by Crippen LogP contribution is 2.32. The number of nitrogens with zero attached hydrogens (tertiary/aromatic N) is 1. The Labute approximate surface area is 182 Å². The Bertz CT molecular complexity index is 1340. The highest BCUT2D eigenvalue weighted by atomic mass is 35.5. The summed E-state index contributed by atoms with van der Waals surface area (Å²) in [6.45, 7) is 0.385. The molecule has 31 heavy (non-hydrogen) atoms. The van der Waals surface area contributed by atoms with Gasteiger partial charge in [0.1, 0.15) is 0 Å². The van der Waals surface area contributed by atoms with Crippen LogP contribution in [0.1, 0.15) is 16.7 Å². The average Bonchev–Trinajstić information content (AvgIpc) is 3.09. The van der Waals surface area contributed by atoms with Gasteiger partial charge in [-0.1, -0.05) is 60.1 Å². The number of fused-ring (bicyclic) bond motifs is 1. The van der Waals surface area contributed by atoms with Gasteiger partial charge in [-0.05, 0) is 35.4 Å². The van der Waals surface area contributed by atoms with Crippen molar-refractivity contribution < 1.29 is 21.6 Å². The van der Waals surface area contributed by atoms with Crippen LogP contribution < -0.4 is 0 Å². The summed E-state index contributed by atoms with van der Waals surface area (Å²) in [6, 6.07) is 18.6. The van der Waals surface area contributed by atoms with Gasteiger partial charge < -0.3 is 4.57 Å². The molecule has 0 N–H and O–H groups in total. The van der Waals surface area contributed by atoms with Crippen LogP contribution in [0.3, 0.4) is 0 Å². The molecular formula is C23H17ClF3NO2S. The van der Waals surface area contributed by atoms with E-state index in [1.54, 1.807) is 24.4 Å². The molecule has 0 bridgehead atoms. The van der Waals surface area contributed by atoms with Gasteiger partial charge >= 0.3 is 6.18 Å². The first-order valence-electron chi connectivity index (χ1n) is 9.35. The molecule has 4 rings (SSSR count). The molecule has 0 atom stereocenters. The first-order chi connectivity index (χ1) is 14.6. The van der Waals surface area contributed by atoms with Crippen LogP contribution in [0, 0.1) is 0 Å². The first kappa shape index (κ1) is 21.5. The molecule has 0 aliphatic carbocycles. The van der Waals surface area contributed by atoms with Gasteiger partial charge in [0.25, 0.3) is 0 Å². The Hall–Kier alpha value is -2.77. The maximum atomic E-state index is 13.2. The van der Waals surface area contributed by atoms with E-state index in [1.165, 1.54) is 12.1 Å². The van der Waals surface area contributed by atoms with Crippen LogP contribution in [-0.2, 0) is 28.3 Å². The minimum absolute atomic E-state index is 0.134. The summed E-state index contributed by atoms with van der Waals surface area (Å²) in [6.07, 6.45) is -2.91. The highest BCUT2D eigenvalue weighted by Gasteiger charge is 2.30. The van der Waals surface area contributed by atoms with Crippen LogP contribution in [0.4, 0.5) is 13.2 Å². The number of halogens is 4. The monoisotopic (exact) mass is 463 g/mol. The van der Waals surface area contributed by atoms with Crippen molar-refractivity contribution in [3.63, 3.8) is 0 Å². The zero-order valence-electron chi connectivity index (χ0n) is 16.1. The molecule has 0 spiro atoms. The van der Waals surface area contributed by atoms with Gasteiger partial charge in [-0.25, -0.2) is 8.42 Å². The van der Waals surface area contributed by atoms with Crippen molar-refractivity contribution in [2.45, 2.75) is 23.4 Å². The summed E-state index contributed by atoms with van der Waals surface area (Å²) < 4.78 is 66.5. The SMILES string of the molecule is O=S(=O)(Cc1ccc(C(F)(F)F)cc1)c1cn(Cc2ccccc2Cl)c2ccccc12. The number of hydrogen-bond acceptors (Lipinski definition) is 2. The summed E-state index contributed by atoms with van der Waals surface area (Å²) >= 11 is 6.26. The van der Waals surface area contributed by atoms with Crippen molar-refractivity contribution in [2.24, 2.45) is 0 Å². The lowest BCUT2D eigenvalue weighted by Gasteiger charge is -2.08. The lowest BCUT2D eigenvalue weighted by Crippen LogP contribution is -2.07. The molecule has 0 aliphatic heterocycles. The van der Waals surface area contributed by atoms with Crippen molar-refractivity contribution in [3.8, 4) is 0 Å². The largest absolute Gasteiger partial charge is 0.416 e. The highest BCUT2D eigenvalue weighted by molar-refractivity contribution is 7.90. The number of benzene rings is 3. The molecule has 0 aliphatic rings. The molecule has 0 saturated carbocycles. The van der Waals surface area contributed by atoms with Crippen LogP contribution in [0.2, 0.25) is 5.02 Å². The average molecular weight is 464 g/mol. The predicted octanol–water partition coefficient (Wildman–Crippen LogP) is 6.34. The first-order valence-corrected chi connectivity index (χ1v) is 11.4. The fourth-order valence-electron chi connectivity index (χ4n) is 3.49. The Balaban J connectivity index is 1.71. The summed E-state index contributed by atoms with van der Waals surface area (Å²) in [7, 11) is -3.80. The molecule has 8 heteroatoms. The molecule has 0 unspecified atom stereocenters. The van der Waals surface area contributed by atoms with Crippen molar-refractivity contribution in [2.75, 3.05) is 0 Å². The fraction of sp³-hybridized carbons (Fsp3) is 0.130. The Morgan fingerprint density at radius 2 is 1.52 bits per heavy atom. The van der Waals surface area contributed by atoms with Gasteiger partial charge in [-0.2, -0.15) is 13.2 Å². The van der Waals surface area contributed by atoms with E-state index in [4.69, 9.17) is 11.6 Å². The second-order valence-electron chi connectivity index (χ2n) is 7.18. The maximum absolute atomic E-state index is 13.2. The Kier molecular flexibility index (Phi) is 5.58. The van der Waals surface area contributed by atoms with Gasteiger partial charge in [0.2, 0.25) is 0 Å². The van der Waals surface area contributed by atoms with E-state index in [9.17, 15) is 21.6 Å². The van der Waals surface area contributed by atoms with Gasteiger partial charge in [0.05, 0.1) is 16.2 Å². The molecule has 4 aromatic rings. The number of aromatic nitrogens is 1. The van der Waals surface area contributed by atoms with Crippen LogP contribution >= 0.6 is 11.6 Å². The third-order valence-electron chi connectivity index (χ3n) is 5.02. The van der Waals surface area contributed by atoms with E-state index >= 15 is 0 Å². The molecular weight excluding hydrogens is 447 g/mol. The number of alkyl halides is 3. The van der Waals surface area contributed by atoms with E-state index in [0.717, 1.165) is 23.2 Å². The second kappa shape index (κ2) is 8.05. The molecule has 3 nitrogen and oxygen atoms in total. The van der Waals surface area contributed by atoms with Gasteiger partial charge in [0, 0.05) is 28.7 Å². The summed E-state index contributed by atoms with van der Waals surface area (Å²) in [5.74, 6) is -0.398. The lowest BCUT2D eigenvalue weighted by atomic mass is 10.1. The lowest BCUT2D eigenvalue weighted by molar-refractivity contribution is -0.137. The molecule has 160 valence electrons. The topological polar surface area (TPSA) is 39.1 Å². The minimum atomic E-state index is -4.47. The summed E-state index contributed by atoms with van der Waals surface area (Å²) in [5, 5.41) is 1.14. The molecule has 0 amide bonds. The van der Waals surface area contributed by atoms with Crippen LogP contribution in [0.15, 0.2) is 83.9 Å². The molecule has 0 fully saturated rings. The maximum Gasteiger partial charge on any atom is 0.416 e. The van der Waals surface area contributed by atoms with Gasteiger partial charge in [-0.3, -0.25) is 0 Å². The third-order valence-corrected chi connectivity index (χ3v) is 7.10. The van der Waals surface area contributed by atoms with Crippen LogP contribution in [-0.4, -0.2) is 13.0 Å². The molecule has 1 heterocycles. The van der Waals surface area contributed by atoms with Crippen molar-refractivity contribution >= 4 is 32.3 Å². The quantitative estimate of drug-likeness (QED) is 0.346. The number of sulfone groups is 1. The standard InChI is InChI=1S/C23H17ClF3NO2S/c24-20-7-3-1-5-17(20)13-28-14-22(19-6-2-4-8-21(19)28)31(29,30)15-16-9-11-18(12-10-16)23(25,26)27/h1-12,14H,13,15H2. The van der Waals surface area contributed by atoms with Crippen molar-refractivity contribution in [3.05, 3.63) is 101 Å². The molecule has 0 saturated heterocycles. The van der Waals surface area contributed by atoms with Crippen molar-refractivity contribution in [1.29, 1.82) is 0 Å². The van der Waals surface area contributed by atoms with E-state index in [-0.39, 0.29) is 10.5 Å². The van der Waals surface area contributed by atoms with Crippen LogP contribution in [0.5, 0.6) is 0 Å². The van der Waals surface area contributed by atoms with E-state index < -0.39 is 27.3 Å². The van der Waals surface area contributed by atoms with E-state index in [1.807, 2.05) is 34.9 Å². The Morgan fingerprint density at radius 1 is 0.871 bits per heavy atom. The van der Waals surface area contributed by atoms with Gasteiger partial charge in [-0.15, -0.1) is 0 Å². The van der Waals surface area contributed by atoms with Crippen LogP contribution in [0.25, 0.3) is 10.9 Å². The van der Waals surface area contributed by atoms with E-state index in [0.29, 0.717) is 17.0 Å². The zero-order chi connectivity index (χ0) is 22.2. The van der Waals surface area contributed by atoms with Gasteiger partial charge in [0.15, 0.2) is 9.84 Å². The van der Waals surface area contributed by atoms with E-state index in [2.05, 4.69) is 0 Å². The molecule has 0 radical (unpaired) electrons. The molecule has 1 aromatic heterocycles. The predicted molar refractivity (Wildman–Crippen MR) is 115 cm³/mol. The smallest absolute Gasteiger partial charge is 0.342 e. The number of rotatable bonds is 5. The summed E-state index contributed by atoms with van der Waals surface area (Å²) in [5.41, 5.74) is 1.05. The fourth-order valence-corrected chi connectivity index (χ4v) is 5.27. The minimum Gasteiger partial charge on any atom is -0.342 e. The number of para-hydroxylation sites is 1. The second-order valence-corrected chi connectivity index (χ2v) is 9.55. The Morgan fingerprint density at radius 3 is 2.19 bits per heavy atom. The van der Waals surface area contributed by atoms with Crippen molar-refractivity contribution in [1.82, 2.24) is 4.57 Å². The number of hydrogen-bond donors (Lipinski definition) is 0.